The highest BCUT2D eigenvalue weighted by Gasteiger charge is 2.08. The molecule has 3 aromatic rings. The lowest BCUT2D eigenvalue weighted by Crippen LogP contribution is -2.30. The average Bonchev–Trinajstić information content (AvgIpc) is 2.67. The topological polar surface area (TPSA) is 72.8 Å². The van der Waals surface area contributed by atoms with Crippen LogP contribution in [-0.4, -0.2) is 23.2 Å². The Morgan fingerprint density at radius 1 is 1.17 bits per heavy atom. The van der Waals surface area contributed by atoms with Crippen molar-refractivity contribution in [2.45, 2.75) is 20.3 Å². The van der Waals surface area contributed by atoms with Crippen molar-refractivity contribution in [2.75, 3.05) is 23.7 Å². The SMILES string of the molecule is Cc1cc(C)c2cc(C#N)c(NCCCNC(=S)Nc3cccc(Cl)c3)nc2c1. The van der Waals surface area contributed by atoms with Crippen LogP contribution in [0.25, 0.3) is 10.9 Å². The van der Waals surface area contributed by atoms with E-state index >= 15 is 0 Å². The van der Waals surface area contributed by atoms with Crippen LogP contribution in [0.2, 0.25) is 5.02 Å². The summed E-state index contributed by atoms with van der Waals surface area (Å²) in [4.78, 5) is 4.66. The maximum Gasteiger partial charge on any atom is 0.170 e. The minimum absolute atomic E-state index is 0.541. The Morgan fingerprint density at radius 3 is 2.76 bits per heavy atom. The molecule has 1 aromatic heterocycles. The fourth-order valence-electron chi connectivity index (χ4n) is 3.09. The number of benzene rings is 2. The van der Waals surface area contributed by atoms with Crippen LogP contribution in [0, 0.1) is 25.2 Å². The van der Waals surface area contributed by atoms with Crippen LogP contribution in [0.3, 0.4) is 0 Å². The van der Waals surface area contributed by atoms with Crippen LogP contribution < -0.4 is 16.0 Å². The van der Waals surface area contributed by atoms with Crippen molar-refractivity contribution in [1.29, 1.82) is 5.26 Å². The number of fused-ring (bicyclic) bond motifs is 1. The van der Waals surface area contributed by atoms with Crippen LogP contribution in [-0.2, 0) is 0 Å². The monoisotopic (exact) mass is 423 g/mol. The van der Waals surface area contributed by atoms with E-state index in [2.05, 4.69) is 33.1 Å². The van der Waals surface area contributed by atoms with Gasteiger partial charge in [0.1, 0.15) is 11.9 Å². The van der Waals surface area contributed by atoms with Gasteiger partial charge in [-0.05, 0) is 73.9 Å². The molecule has 29 heavy (non-hydrogen) atoms. The molecule has 0 fully saturated rings. The van der Waals surface area contributed by atoms with Crippen molar-refractivity contribution in [1.82, 2.24) is 10.3 Å². The Morgan fingerprint density at radius 2 is 2.00 bits per heavy atom. The third-order valence-electron chi connectivity index (χ3n) is 4.42. The Labute approximate surface area is 181 Å². The van der Waals surface area contributed by atoms with E-state index in [1.54, 1.807) is 0 Å². The highest BCUT2D eigenvalue weighted by molar-refractivity contribution is 7.80. The van der Waals surface area contributed by atoms with Gasteiger partial charge in [-0.2, -0.15) is 5.26 Å². The van der Waals surface area contributed by atoms with Gasteiger partial charge in [0.2, 0.25) is 0 Å². The number of nitriles is 1. The molecule has 7 heteroatoms. The molecule has 0 bridgehead atoms. The summed E-state index contributed by atoms with van der Waals surface area (Å²) in [5.41, 5.74) is 4.57. The van der Waals surface area contributed by atoms with Gasteiger partial charge in [-0.1, -0.05) is 23.7 Å². The van der Waals surface area contributed by atoms with Gasteiger partial charge in [0.15, 0.2) is 5.11 Å². The lowest BCUT2D eigenvalue weighted by molar-refractivity contribution is 0.807. The molecule has 0 unspecified atom stereocenters. The molecule has 2 aromatic carbocycles. The zero-order chi connectivity index (χ0) is 20.8. The molecule has 0 aliphatic carbocycles. The zero-order valence-corrected chi connectivity index (χ0v) is 17.9. The van der Waals surface area contributed by atoms with Crippen molar-refractivity contribution in [2.24, 2.45) is 0 Å². The van der Waals surface area contributed by atoms with Gasteiger partial charge in [-0.25, -0.2) is 4.98 Å². The minimum atomic E-state index is 0.541. The lowest BCUT2D eigenvalue weighted by atomic mass is 10.0. The van der Waals surface area contributed by atoms with Gasteiger partial charge >= 0.3 is 0 Å². The number of nitrogens with one attached hydrogen (secondary N) is 3. The number of thiocarbonyl (C=S) groups is 1. The fraction of sp³-hybridized carbons (Fsp3) is 0.227. The molecule has 148 valence electrons. The predicted molar refractivity (Wildman–Crippen MR) is 125 cm³/mol. The zero-order valence-electron chi connectivity index (χ0n) is 16.3. The maximum absolute atomic E-state index is 9.48. The Kier molecular flexibility index (Phi) is 6.86. The van der Waals surface area contributed by atoms with E-state index in [-0.39, 0.29) is 0 Å². The quantitative estimate of drug-likeness (QED) is 0.375. The molecule has 0 radical (unpaired) electrons. The molecule has 3 N–H and O–H groups in total. The van der Waals surface area contributed by atoms with Crippen molar-refractivity contribution in [3.8, 4) is 6.07 Å². The summed E-state index contributed by atoms with van der Waals surface area (Å²) in [6, 6.07) is 15.7. The van der Waals surface area contributed by atoms with Gasteiger partial charge < -0.3 is 16.0 Å². The van der Waals surface area contributed by atoms with Gasteiger partial charge in [-0.15, -0.1) is 0 Å². The van der Waals surface area contributed by atoms with Crippen LogP contribution in [0.1, 0.15) is 23.1 Å². The van der Waals surface area contributed by atoms with E-state index in [0.29, 0.717) is 34.6 Å². The van der Waals surface area contributed by atoms with Crippen LogP contribution in [0.5, 0.6) is 0 Å². The number of pyridine rings is 1. The Hall–Kier alpha value is -2.88. The van der Waals surface area contributed by atoms with E-state index in [4.69, 9.17) is 23.8 Å². The first-order valence-corrected chi connectivity index (χ1v) is 10.1. The third-order valence-corrected chi connectivity index (χ3v) is 4.90. The molecule has 0 atom stereocenters. The minimum Gasteiger partial charge on any atom is -0.369 e. The normalized spacial score (nSPS) is 10.4. The van der Waals surface area contributed by atoms with E-state index < -0.39 is 0 Å². The lowest BCUT2D eigenvalue weighted by Gasteiger charge is -2.12. The first-order chi connectivity index (χ1) is 14.0. The predicted octanol–water partition coefficient (Wildman–Crippen LogP) is 5.17. The number of rotatable bonds is 6. The summed E-state index contributed by atoms with van der Waals surface area (Å²) >= 11 is 11.3. The summed E-state index contributed by atoms with van der Waals surface area (Å²) in [6.07, 6.45) is 0.814. The molecule has 0 aliphatic heterocycles. The van der Waals surface area contributed by atoms with Crippen molar-refractivity contribution < 1.29 is 0 Å². The van der Waals surface area contributed by atoms with Crippen molar-refractivity contribution in [3.63, 3.8) is 0 Å². The Balaban J connectivity index is 1.53. The summed E-state index contributed by atoms with van der Waals surface area (Å²) in [5, 5.41) is 21.2. The van der Waals surface area contributed by atoms with Gasteiger partial charge in [0.25, 0.3) is 0 Å². The second-order valence-corrected chi connectivity index (χ2v) is 7.66. The molecular weight excluding hydrogens is 402 g/mol. The number of halogens is 1. The van der Waals surface area contributed by atoms with E-state index in [0.717, 1.165) is 34.1 Å². The molecule has 0 spiro atoms. The highest BCUT2D eigenvalue weighted by atomic mass is 35.5. The average molecular weight is 424 g/mol. The van der Waals surface area contributed by atoms with Crippen LogP contribution in [0.4, 0.5) is 11.5 Å². The standard InChI is InChI=1S/C22H22ClN5S/c1-14-9-15(2)19-11-16(13-24)21(28-20(19)10-14)25-7-4-8-26-22(29)27-18-6-3-5-17(23)12-18/h3,5-6,9-12H,4,7-8H2,1-2H3,(H,25,28)(H2,26,27,29). The summed E-state index contributed by atoms with van der Waals surface area (Å²) in [6.45, 7) is 5.44. The Bertz CT molecular complexity index is 1090. The molecule has 3 rings (SSSR count). The van der Waals surface area contributed by atoms with Gasteiger partial charge in [-0.3, -0.25) is 0 Å². The molecule has 0 amide bonds. The van der Waals surface area contributed by atoms with Gasteiger partial charge in [0, 0.05) is 29.2 Å². The van der Waals surface area contributed by atoms with Crippen molar-refractivity contribution in [3.05, 3.63) is 64.2 Å². The number of aromatic nitrogens is 1. The molecule has 5 nitrogen and oxygen atoms in total. The number of hydrogen-bond acceptors (Lipinski definition) is 4. The molecule has 0 saturated heterocycles. The summed E-state index contributed by atoms with van der Waals surface area (Å²) in [5.74, 6) is 0.615. The number of nitrogens with zero attached hydrogens (tertiary/aromatic N) is 2. The van der Waals surface area contributed by atoms with E-state index in [9.17, 15) is 5.26 Å². The molecular formula is C22H22ClN5S. The van der Waals surface area contributed by atoms with Crippen LogP contribution >= 0.6 is 23.8 Å². The van der Waals surface area contributed by atoms with Gasteiger partial charge in [0.05, 0.1) is 11.1 Å². The number of aryl methyl sites for hydroxylation is 2. The third kappa shape index (κ3) is 5.57. The maximum atomic E-state index is 9.48. The molecule has 0 saturated carbocycles. The summed E-state index contributed by atoms with van der Waals surface area (Å²) in [7, 11) is 0. The number of hydrogen-bond donors (Lipinski definition) is 3. The smallest absolute Gasteiger partial charge is 0.170 e. The second-order valence-electron chi connectivity index (χ2n) is 6.82. The van der Waals surface area contributed by atoms with E-state index in [1.165, 1.54) is 0 Å². The van der Waals surface area contributed by atoms with E-state index in [1.807, 2.05) is 50.2 Å². The largest absolute Gasteiger partial charge is 0.369 e. The second kappa shape index (κ2) is 9.55. The summed E-state index contributed by atoms with van der Waals surface area (Å²) < 4.78 is 0. The molecule has 1 heterocycles. The molecule has 0 aliphatic rings. The fourth-order valence-corrected chi connectivity index (χ4v) is 3.50. The van der Waals surface area contributed by atoms with Crippen LogP contribution in [0.15, 0.2) is 42.5 Å². The highest BCUT2D eigenvalue weighted by Crippen LogP contribution is 2.24. The van der Waals surface area contributed by atoms with Crippen molar-refractivity contribution >= 4 is 51.3 Å². The number of anilines is 2. The first kappa shape index (κ1) is 20.8. The first-order valence-electron chi connectivity index (χ1n) is 9.32.